The Morgan fingerprint density at radius 2 is 1.68 bits per heavy atom. The number of piperidine rings is 1. The number of carbonyl (C=O) groups excluding carboxylic acids is 2. The van der Waals surface area contributed by atoms with Gasteiger partial charge in [-0.2, -0.15) is 13.2 Å². The molecule has 3 rings (SSSR count). The lowest BCUT2D eigenvalue weighted by atomic mass is 9.84. The molecule has 0 saturated carbocycles. The highest BCUT2D eigenvalue weighted by atomic mass is 19.4. The molecule has 0 bridgehead atoms. The Labute approximate surface area is 175 Å². The fourth-order valence-electron chi connectivity index (χ4n) is 3.51. The Morgan fingerprint density at radius 3 is 2.23 bits per heavy atom. The van der Waals surface area contributed by atoms with Crippen molar-refractivity contribution in [1.82, 2.24) is 4.90 Å². The molecule has 1 heterocycles. The lowest BCUT2D eigenvalue weighted by Gasteiger charge is -2.36. The summed E-state index contributed by atoms with van der Waals surface area (Å²) in [6.07, 6.45) is -4.86. The van der Waals surface area contributed by atoms with Crippen LogP contribution >= 0.6 is 0 Å². The first-order valence-electron chi connectivity index (χ1n) is 9.36. The number of carbonyl (C=O) groups is 2. The Hall–Kier alpha value is -3.43. The molecule has 1 aliphatic rings. The van der Waals surface area contributed by atoms with Crippen molar-refractivity contribution in [2.24, 2.45) is 11.1 Å². The maximum absolute atomic E-state index is 12.8. The van der Waals surface area contributed by atoms with Gasteiger partial charge in [0.05, 0.1) is 18.6 Å². The Kier molecular flexibility index (Phi) is 6.57. The van der Waals surface area contributed by atoms with Crippen molar-refractivity contribution in [2.75, 3.05) is 20.2 Å². The van der Waals surface area contributed by atoms with Gasteiger partial charge in [-0.1, -0.05) is 12.1 Å². The summed E-state index contributed by atoms with van der Waals surface area (Å²) in [7, 11) is 1.23. The second kappa shape index (κ2) is 9.15. The van der Waals surface area contributed by atoms with Crippen LogP contribution in [0.25, 0.3) is 0 Å². The molecular formula is C21H19F3N2O5. The zero-order valence-corrected chi connectivity index (χ0v) is 16.5. The van der Waals surface area contributed by atoms with E-state index in [4.69, 9.17) is 9.47 Å². The van der Waals surface area contributed by atoms with Gasteiger partial charge in [-0.05, 0) is 53.6 Å². The van der Waals surface area contributed by atoms with Crippen molar-refractivity contribution in [1.29, 1.82) is 0 Å². The van der Waals surface area contributed by atoms with Crippen molar-refractivity contribution in [3.63, 3.8) is 0 Å². The number of esters is 1. The van der Waals surface area contributed by atoms with Gasteiger partial charge in [-0.15, -0.1) is 4.91 Å². The first kappa shape index (κ1) is 22.3. The van der Waals surface area contributed by atoms with E-state index in [9.17, 15) is 27.7 Å². The largest absolute Gasteiger partial charge is 0.469 e. The fraction of sp³-hybridized carbons (Fsp3) is 0.333. The number of halogens is 3. The SMILES string of the molecule is COC(=O)C1CC(c2ccc(C(F)(F)F)cc2)CN(C(=O)Oc2ccc(N=O)cc2)C1. The molecule has 0 radical (unpaired) electrons. The number of rotatable bonds is 4. The number of nitroso groups, excluding NO2 is 1. The van der Waals surface area contributed by atoms with Crippen LogP contribution in [0.15, 0.2) is 53.7 Å². The molecule has 0 aromatic heterocycles. The Morgan fingerprint density at radius 1 is 1.03 bits per heavy atom. The average Bonchev–Trinajstić information content (AvgIpc) is 2.78. The molecule has 0 spiro atoms. The van der Waals surface area contributed by atoms with Crippen LogP contribution in [-0.2, 0) is 15.7 Å². The number of hydrogen-bond acceptors (Lipinski definition) is 6. The van der Waals surface area contributed by atoms with E-state index in [0.717, 1.165) is 12.1 Å². The predicted molar refractivity (Wildman–Crippen MR) is 104 cm³/mol. The maximum Gasteiger partial charge on any atom is 0.416 e. The quantitative estimate of drug-likeness (QED) is 0.504. The first-order chi connectivity index (χ1) is 14.7. The van der Waals surface area contributed by atoms with Crippen LogP contribution < -0.4 is 4.74 Å². The first-order valence-corrected chi connectivity index (χ1v) is 9.36. The third-order valence-corrected chi connectivity index (χ3v) is 5.10. The number of nitrogens with zero attached hydrogens (tertiary/aromatic N) is 2. The van der Waals surface area contributed by atoms with Gasteiger partial charge in [-0.25, -0.2) is 4.79 Å². The molecule has 1 aliphatic heterocycles. The zero-order valence-electron chi connectivity index (χ0n) is 16.5. The monoisotopic (exact) mass is 436 g/mol. The molecule has 164 valence electrons. The van der Waals surface area contributed by atoms with Crippen LogP contribution in [-0.4, -0.2) is 37.2 Å². The van der Waals surface area contributed by atoms with Gasteiger partial charge in [0.15, 0.2) is 0 Å². The average molecular weight is 436 g/mol. The lowest BCUT2D eigenvalue weighted by Crippen LogP contribution is -2.46. The smallest absolute Gasteiger partial charge is 0.416 e. The van der Waals surface area contributed by atoms with Crippen molar-refractivity contribution in [3.8, 4) is 5.75 Å². The number of methoxy groups -OCH3 is 1. The molecular weight excluding hydrogens is 417 g/mol. The fourth-order valence-corrected chi connectivity index (χ4v) is 3.51. The van der Waals surface area contributed by atoms with Gasteiger partial charge in [-0.3, -0.25) is 4.79 Å². The normalized spacial score (nSPS) is 18.9. The molecule has 1 saturated heterocycles. The molecule has 7 nitrogen and oxygen atoms in total. The topological polar surface area (TPSA) is 85.3 Å². The molecule has 10 heteroatoms. The van der Waals surface area contributed by atoms with E-state index in [1.807, 2.05) is 0 Å². The maximum atomic E-state index is 12.8. The number of hydrogen-bond donors (Lipinski definition) is 0. The molecule has 2 aromatic rings. The number of amides is 1. The molecule has 1 fully saturated rings. The van der Waals surface area contributed by atoms with E-state index in [0.29, 0.717) is 12.0 Å². The van der Waals surface area contributed by atoms with Crippen LogP contribution in [0.5, 0.6) is 5.75 Å². The highest BCUT2D eigenvalue weighted by Gasteiger charge is 2.36. The second-order valence-electron chi connectivity index (χ2n) is 7.13. The summed E-state index contributed by atoms with van der Waals surface area (Å²) in [6, 6.07) is 10.2. The Bertz CT molecular complexity index is 945. The number of alkyl halides is 3. The van der Waals surface area contributed by atoms with Crippen LogP contribution in [0.2, 0.25) is 0 Å². The zero-order chi connectivity index (χ0) is 22.6. The van der Waals surface area contributed by atoms with Gasteiger partial charge in [0, 0.05) is 19.0 Å². The van der Waals surface area contributed by atoms with Gasteiger partial charge >= 0.3 is 18.2 Å². The summed E-state index contributed by atoms with van der Waals surface area (Å²) in [5, 5.41) is 2.76. The van der Waals surface area contributed by atoms with E-state index in [1.165, 1.54) is 48.4 Å². The summed E-state index contributed by atoms with van der Waals surface area (Å²) in [5.41, 5.74) is -0.0344. The van der Waals surface area contributed by atoms with Crippen LogP contribution in [0.3, 0.4) is 0 Å². The highest BCUT2D eigenvalue weighted by molar-refractivity contribution is 5.76. The standard InChI is InChI=1S/C21H19F3N2O5/c1-30-19(27)15-10-14(13-2-4-16(5-3-13)21(22,23)24)11-26(12-15)20(28)31-18-8-6-17(25-29)7-9-18/h2-9,14-15H,10-12H2,1H3. The van der Waals surface area contributed by atoms with Crippen LogP contribution in [0, 0.1) is 10.8 Å². The van der Waals surface area contributed by atoms with Crippen molar-refractivity contribution in [2.45, 2.75) is 18.5 Å². The summed E-state index contributed by atoms with van der Waals surface area (Å²) < 4.78 is 48.6. The third-order valence-electron chi connectivity index (χ3n) is 5.10. The molecule has 2 unspecified atom stereocenters. The van der Waals surface area contributed by atoms with E-state index < -0.39 is 29.7 Å². The van der Waals surface area contributed by atoms with Crippen LogP contribution in [0.4, 0.5) is 23.7 Å². The molecule has 0 aliphatic carbocycles. The number of likely N-dealkylation sites (tertiary alicyclic amines) is 1. The third kappa shape index (κ3) is 5.39. The van der Waals surface area contributed by atoms with Gasteiger partial charge < -0.3 is 14.4 Å². The minimum absolute atomic E-state index is 0.0522. The molecule has 2 aromatic carbocycles. The van der Waals surface area contributed by atoms with Crippen molar-refractivity contribution < 1.29 is 32.2 Å². The number of benzene rings is 2. The van der Waals surface area contributed by atoms with Crippen molar-refractivity contribution >= 4 is 17.7 Å². The molecule has 1 amide bonds. The van der Waals surface area contributed by atoms with Crippen LogP contribution in [0.1, 0.15) is 23.5 Å². The lowest BCUT2D eigenvalue weighted by molar-refractivity contribution is -0.147. The van der Waals surface area contributed by atoms with Crippen molar-refractivity contribution in [3.05, 3.63) is 64.6 Å². The number of ether oxygens (including phenoxy) is 2. The molecule has 2 atom stereocenters. The predicted octanol–water partition coefficient (Wildman–Crippen LogP) is 4.88. The van der Waals surface area contributed by atoms with Gasteiger partial charge in [0.2, 0.25) is 0 Å². The van der Waals surface area contributed by atoms with E-state index in [-0.39, 0.29) is 30.4 Å². The van der Waals surface area contributed by atoms with E-state index in [2.05, 4.69) is 5.18 Å². The summed E-state index contributed by atoms with van der Waals surface area (Å²) >= 11 is 0. The van der Waals surface area contributed by atoms with E-state index in [1.54, 1.807) is 0 Å². The Balaban J connectivity index is 1.78. The minimum Gasteiger partial charge on any atom is -0.469 e. The molecule has 0 N–H and O–H groups in total. The highest BCUT2D eigenvalue weighted by Crippen LogP contribution is 2.34. The van der Waals surface area contributed by atoms with Gasteiger partial charge in [0.25, 0.3) is 0 Å². The summed E-state index contributed by atoms with van der Waals surface area (Å²) in [5.74, 6) is -1.37. The summed E-state index contributed by atoms with van der Waals surface area (Å²) in [6.45, 7) is 0.211. The molecule has 31 heavy (non-hydrogen) atoms. The minimum atomic E-state index is -4.45. The summed E-state index contributed by atoms with van der Waals surface area (Å²) in [4.78, 5) is 36.6. The van der Waals surface area contributed by atoms with E-state index >= 15 is 0 Å². The second-order valence-corrected chi connectivity index (χ2v) is 7.13. The van der Waals surface area contributed by atoms with Gasteiger partial charge in [0.1, 0.15) is 11.4 Å².